The molecule has 0 radical (unpaired) electrons. The number of likely N-dealkylation sites (tertiary alicyclic amines) is 1. The lowest BCUT2D eigenvalue weighted by molar-refractivity contribution is 0.0878. The van der Waals surface area contributed by atoms with Crippen LogP contribution in [0.1, 0.15) is 26.2 Å². The number of ether oxygens (including phenoxy) is 1. The molecule has 3 heteroatoms. The van der Waals surface area contributed by atoms with Gasteiger partial charge in [0.2, 0.25) is 0 Å². The fourth-order valence-electron chi connectivity index (χ4n) is 1.97. The second-order valence-corrected chi connectivity index (χ2v) is 4.14. The molecule has 1 fully saturated rings. The molecule has 1 atom stereocenters. The van der Waals surface area contributed by atoms with Crippen LogP contribution in [-0.4, -0.2) is 43.8 Å². The summed E-state index contributed by atoms with van der Waals surface area (Å²) in [7, 11) is 1.75. The molecule has 0 aromatic carbocycles. The Morgan fingerprint density at radius 1 is 1.38 bits per heavy atom. The fraction of sp³-hybridized carbons (Fsp3) is 1.00. The zero-order valence-corrected chi connectivity index (χ0v) is 8.88. The molecule has 13 heavy (non-hydrogen) atoms. The molecule has 1 rings (SSSR count). The monoisotopic (exact) mass is 186 g/mol. The number of nitrogens with two attached hydrogens (primary N) is 1. The van der Waals surface area contributed by atoms with Crippen molar-refractivity contribution in [2.75, 3.05) is 33.4 Å². The SMILES string of the molecule is COCCC(C)(CN)N1CCCC1. The van der Waals surface area contributed by atoms with Crippen molar-refractivity contribution in [1.82, 2.24) is 4.90 Å². The van der Waals surface area contributed by atoms with Gasteiger partial charge in [0.1, 0.15) is 0 Å². The normalized spacial score (nSPS) is 23.3. The first-order chi connectivity index (χ1) is 6.23. The van der Waals surface area contributed by atoms with E-state index in [9.17, 15) is 0 Å². The third-order valence-corrected chi connectivity index (χ3v) is 3.15. The van der Waals surface area contributed by atoms with Gasteiger partial charge in [-0.25, -0.2) is 0 Å². The highest BCUT2D eigenvalue weighted by molar-refractivity contribution is 4.89. The molecule has 1 saturated heterocycles. The average Bonchev–Trinajstić information content (AvgIpc) is 2.67. The Kier molecular flexibility index (Phi) is 4.16. The van der Waals surface area contributed by atoms with Crippen LogP contribution in [0, 0.1) is 0 Å². The molecular formula is C10H22N2O. The smallest absolute Gasteiger partial charge is 0.0480 e. The molecule has 2 N–H and O–H groups in total. The summed E-state index contributed by atoms with van der Waals surface area (Å²) in [6, 6.07) is 0. The molecule has 0 amide bonds. The van der Waals surface area contributed by atoms with Crippen molar-refractivity contribution in [3.05, 3.63) is 0 Å². The van der Waals surface area contributed by atoms with Gasteiger partial charge in [0.15, 0.2) is 0 Å². The second-order valence-electron chi connectivity index (χ2n) is 4.14. The minimum absolute atomic E-state index is 0.159. The molecule has 0 saturated carbocycles. The van der Waals surface area contributed by atoms with Crippen molar-refractivity contribution < 1.29 is 4.74 Å². The second kappa shape index (κ2) is 4.94. The van der Waals surface area contributed by atoms with E-state index in [4.69, 9.17) is 10.5 Å². The average molecular weight is 186 g/mol. The molecule has 0 aliphatic carbocycles. The maximum atomic E-state index is 5.83. The van der Waals surface area contributed by atoms with Gasteiger partial charge in [-0.3, -0.25) is 4.90 Å². The third kappa shape index (κ3) is 2.66. The van der Waals surface area contributed by atoms with Gasteiger partial charge >= 0.3 is 0 Å². The first-order valence-corrected chi connectivity index (χ1v) is 5.17. The highest BCUT2D eigenvalue weighted by atomic mass is 16.5. The summed E-state index contributed by atoms with van der Waals surface area (Å²) in [6.45, 7) is 6.20. The van der Waals surface area contributed by atoms with Gasteiger partial charge in [-0.15, -0.1) is 0 Å². The van der Waals surface area contributed by atoms with E-state index in [1.54, 1.807) is 7.11 Å². The minimum atomic E-state index is 0.159. The molecule has 0 bridgehead atoms. The molecule has 78 valence electrons. The molecule has 1 aliphatic rings. The van der Waals surface area contributed by atoms with Crippen molar-refractivity contribution in [1.29, 1.82) is 0 Å². The van der Waals surface area contributed by atoms with Gasteiger partial charge in [-0.1, -0.05) is 0 Å². The molecule has 1 aliphatic heterocycles. The Morgan fingerprint density at radius 2 is 2.00 bits per heavy atom. The topological polar surface area (TPSA) is 38.5 Å². The van der Waals surface area contributed by atoms with Gasteiger partial charge in [0, 0.05) is 25.8 Å². The van der Waals surface area contributed by atoms with E-state index >= 15 is 0 Å². The molecule has 3 nitrogen and oxygen atoms in total. The van der Waals surface area contributed by atoms with Crippen molar-refractivity contribution in [3.63, 3.8) is 0 Å². The van der Waals surface area contributed by atoms with Crippen LogP contribution >= 0.6 is 0 Å². The predicted octanol–water partition coefficient (Wildman–Crippen LogP) is 0.836. The first-order valence-electron chi connectivity index (χ1n) is 5.17. The zero-order valence-electron chi connectivity index (χ0n) is 8.88. The summed E-state index contributed by atoms with van der Waals surface area (Å²) in [4.78, 5) is 2.51. The third-order valence-electron chi connectivity index (χ3n) is 3.15. The molecule has 1 heterocycles. The quantitative estimate of drug-likeness (QED) is 0.691. The zero-order chi connectivity index (χ0) is 9.73. The predicted molar refractivity (Wildman–Crippen MR) is 54.8 cm³/mol. The number of methoxy groups -OCH3 is 1. The van der Waals surface area contributed by atoms with Crippen molar-refractivity contribution in [2.24, 2.45) is 5.73 Å². The van der Waals surface area contributed by atoms with E-state index in [0.717, 1.165) is 19.6 Å². The molecule has 0 aromatic heterocycles. The molecule has 0 spiro atoms. The van der Waals surface area contributed by atoms with Crippen LogP contribution < -0.4 is 5.73 Å². The fourth-order valence-corrected chi connectivity index (χ4v) is 1.97. The summed E-state index contributed by atoms with van der Waals surface area (Å²) < 4.78 is 5.12. The van der Waals surface area contributed by atoms with E-state index < -0.39 is 0 Å². The standard InChI is InChI=1S/C10H22N2O/c1-10(9-11,5-8-13-2)12-6-3-4-7-12/h3-9,11H2,1-2H3. The van der Waals surface area contributed by atoms with E-state index in [2.05, 4.69) is 11.8 Å². The van der Waals surface area contributed by atoms with Gasteiger partial charge in [0.05, 0.1) is 0 Å². The van der Waals surface area contributed by atoms with Gasteiger partial charge < -0.3 is 10.5 Å². The van der Waals surface area contributed by atoms with Crippen molar-refractivity contribution >= 4 is 0 Å². The Labute approximate surface area is 81.2 Å². The van der Waals surface area contributed by atoms with Gasteiger partial charge in [-0.05, 0) is 39.3 Å². The lowest BCUT2D eigenvalue weighted by Gasteiger charge is -2.37. The Hall–Kier alpha value is -0.120. The molecule has 0 aromatic rings. The highest BCUT2D eigenvalue weighted by Crippen LogP contribution is 2.23. The summed E-state index contributed by atoms with van der Waals surface area (Å²) in [6.07, 6.45) is 3.69. The number of hydrogen-bond acceptors (Lipinski definition) is 3. The molecular weight excluding hydrogens is 164 g/mol. The minimum Gasteiger partial charge on any atom is -0.385 e. The lowest BCUT2D eigenvalue weighted by atomic mass is 9.96. The van der Waals surface area contributed by atoms with Crippen LogP contribution in [0.4, 0.5) is 0 Å². The number of rotatable bonds is 5. The Balaban J connectivity index is 2.45. The summed E-state index contributed by atoms with van der Waals surface area (Å²) in [5.41, 5.74) is 5.99. The van der Waals surface area contributed by atoms with Crippen molar-refractivity contribution in [3.8, 4) is 0 Å². The summed E-state index contributed by atoms with van der Waals surface area (Å²) >= 11 is 0. The number of hydrogen-bond donors (Lipinski definition) is 1. The van der Waals surface area contributed by atoms with Gasteiger partial charge in [-0.2, -0.15) is 0 Å². The van der Waals surface area contributed by atoms with Crippen LogP contribution in [0.25, 0.3) is 0 Å². The maximum Gasteiger partial charge on any atom is 0.0480 e. The maximum absolute atomic E-state index is 5.83. The number of nitrogens with zero attached hydrogens (tertiary/aromatic N) is 1. The van der Waals surface area contributed by atoms with E-state index in [0.29, 0.717) is 0 Å². The van der Waals surface area contributed by atoms with E-state index in [1.165, 1.54) is 25.9 Å². The van der Waals surface area contributed by atoms with Crippen LogP contribution in [0.5, 0.6) is 0 Å². The van der Waals surface area contributed by atoms with Crippen LogP contribution in [0.3, 0.4) is 0 Å². The largest absolute Gasteiger partial charge is 0.385 e. The summed E-state index contributed by atoms with van der Waals surface area (Å²) in [5, 5.41) is 0. The van der Waals surface area contributed by atoms with E-state index in [1.807, 2.05) is 0 Å². The van der Waals surface area contributed by atoms with Gasteiger partial charge in [0.25, 0.3) is 0 Å². The molecule has 1 unspecified atom stereocenters. The first kappa shape index (κ1) is 11.0. The summed E-state index contributed by atoms with van der Waals surface area (Å²) in [5.74, 6) is 0. The van der Waals surface area contributed by atoms with Crippen LogP contribution in [0.15, 0.2) is 0 Å². The Morgan fingerprint density at radius 3 is 2.46 bits per heavy atom. The Bertz CT molecular complexity index is 146. The van der Waals surface area contributed by atoms with Crippen molar-refractivity contribution in [2.45, 2.75) is 31.7 Å². The lowest BCUT2D eigenvalue weighted by Crippen LogP contribution is -2.50. The highest BCUT2D eigenvalue weighted by Gasteiger charge is 2.31. The van der Waals surface area contributed by atoms with Crippen LogP contribution in [0.2, 0.25) is 0 Å². The van der Waals surface area contributed by atoms with E-state index in [-0.39, 0.29) is 5.54 Å². The van der Waals surface area contributed by atoms with Crippen LogP contribution in [-0.2, 0) is 4.74 Å².